The van der Waals surface area contributed by atoms with Gasteiger partial charge >= 0.3 is 5.69 Å². The first-order valence-electron chi connectivity index (χ1n) is 5.45. The smallest absolute Gasteiger partial charge is 0.306 e. The number of nitrogens with zero attached hydrogens (tertiary/aromatic N) is 1. The summed E-state index contributed by atoms with van der Waals surface area (Å²) in [5.41, 5.74) is 0.0760. The summed E-state index contributed by atoms with van der Waals surface area (Å²) in [5.74, 6) is -0.812. The monoisotopic (exact) mass is 240 g/mol. The highest BCUT2D eigenvalue weighted by Crippen LogP contribution is 2.23. The van der Waals surface area contributed by atoms with Crippen molar-refractivity contribution in [2.75, 3.05) is 18.5 Å². The molecule has 0 atom stereocenters. The maximum Gasteiger partial charge on any atom is 0.306 e. The first-order chi connectivity index (χ1) is 8.16. The molecule has 5 nitrogen and oxygen atoms in total. The largest absolute Gasteiger partial charge is 0.382 e. The highest BCUT2D eigenvalue weighted by atomic mass is 19.1. The lowest BCUT2D eigenvalue weighted by molar-refractivity contribution is -0.387. The second kappa shape index (κ2) is 5.09. The molecule has 1 N–H and O–H groups in total. The third-order valence-electron chi connectivity index (χ3n) is 2.73. The van der Waals surface area contributed by atoms with E-state index in [4.69, 9.17) is 4.74 Å². The van der Waals surface area contributed by atoms with E-state index in [1.54, 1.807) is 0 Å². The van der Waals surface area contributed by atoms with Crippen molar-refractivity contribution in [3.8, 4) is 0 Å². The van der Waals surface area contributed by atoms with E-state index in [0.29, 0.717) is 18.9 Å². The topological polar surface area (TPSA) is 64.4 Å². The van der Waals surface area contributed by atoms with Gasteiger partial charge in [0.1, 0.15) is 0 Å². The van der Waals surface area contributed by atoms with Crippen LogP contribution in [0.2, 0.25) is 0 Å². The average molecular weight is 240 g/mol. The number of nitrogens with one attached hydrogen (secondary N) is 1. The third-order valence-corrected chi connectivity index (χ3v) is 2.73. The van der Waals surface area contributed by atoms with Crippen LogP contribution in [0.15, 0.2) is 18.2 Å². The van der Waals surface area contributed by atoms with Crippen LogP contribution in [0, 0.1) is 15.9 Å². The van der Waals surface area contributed by atoms with Gasteiger partial charge in [0, 0.05) is 31.0 Å². The van der Waals surface area contributed by atoms with Gasteiger partial charge in [-0.05, 0) is 25.0 Å². The lowest BCUT2D eigenvalue weighted by Gasteiger charge is -2.24. The zero-order chi connectivity index (χ0) is 12.3. The Hall–Kier alpha value is -1.69. The molecule has 1 saturated heterocycles. The molecule has 92 valence electrons. The van der Waals surface area contributed by atoms with Gasteiger partial charge < -0.3 is 10.1 Å². The van der Waals surface area contributed by atoms with Crippen molar-refractivity contribution in [1.82, 2.24) is 0 Å². The molecule has 0 aromatic heterocycles. The van der Waals surface area contributed by atoms with Crippen molar-refractivity contribution in [3.05, 3.63) is 34.1 Å². The van der Waals surface area contributed by atoms with Crippen LogP contribution in [0.5, 0.6) is 0 Å². The lowest BCUT2D eigenvalue weighted by atomic mass is 10.1. The fraction of sp³-hybridized carbons (Fsp3) is 0.455. The van der Waals surface area contributed by atoms with Gasteiger partial charge in [-0.1, -0.05) is 0 Å². The number of halogens is 1. The highest BCUT2D eigenvalue weighted by molar-refractivity contribution is 5.52. The summed E-state index contributed by atoms with van der Waals surface area (Å²) in [4.78, 5) is 9.87. The number of nitro groups is 1. The number of hydrogen-bond donors (Lipinski definition) is 1. The average Bonchev–Trinajstić information content (AvgIpc) is 2.32. The fourth-order valence-electron chi connectivity index (χ4n) is 1.82. The summed E-state index contributed by atoms with van der Waals surface area (Å²) < 4.78 is 18.3. The highest BCUT2D eigenvalue weighted by Gasteiger charge is 2.17. The van der Waals surface area contributed by atoms with Gasteiger partial charge in [0.25, 0.3) is 0 Å². The Kier molecular flexibility index (Phi) is 3.53. The van der Waals surface area contributed by atoms with Crippen molar-refractivity contribution in [2.24, 2.45) is 0 Å². The lowest BCUT2D eigenvalue weighted by Crippen LogP contribution is -2.27. The normalized spacial score (nSPS) is 16.8. The molecule has 1 fully saturated rings. The Morgan fingerprint density at radius 3 is 2.76 bits per heavy atom. The molecule has 1 aromatic rings. The maximum atomic E-state index is 13.1. The minimum Gasteiger partial charge on any atom is -0.382 e. The number of anilines is 1. The van der Waals surface area contributed by atoms with E-state index in [9.17, 15) is 14.5 Å². The van der Waals surface area contributed by atoms with Crippen molar-refractivity contribution in [1.29, 1.82) is 0 Å². The van der Waals surface area contributed by atoms with E-state index in [2.05, 4.69) is 5.32 Å². The molecule has 1 heterocycles. The molecule has 0 saturated carbocycles. The molecule has 0 amide bonds. The van der Waals surface area contributed by atoms with E-state index in [1.807, 2.05) is 0 Å². The molecule has 1 aliphatic heterocycles. The molecule has 2 rings (SSSR count). The Bertz CT molecular complexity index is 419. The minimum atomic E-state index is -0.812. The molecule has 0 aliphatic carbocycles. The summed E-state index contributed by atoms with van der Waals surface area (Å²) in [6, 6.07) is 4.08. The van der Waals surface area contributed by atoms with Crippen LogP contribution >= 0.6 is 0 Å². The molecule has 0 spiro atoms. The number of ether oxygens (including phenoxy) is 1. The standard InChI is InChI=1S/C11H13FN2O3/c12-10-2-1-9(7-11(10)14(15)16)13-8-3-5-17-6-4-8/h1-2,7-8,13H,3-6H2. The van der Waals surface area contributed by atoms with Gasteiger partial charge in [-0.3, -0.25) is 10.1 Å². The van der Waals surface area contributed by atoms with Crippen LogP contribution in [-0.2, 0) is 4.74 Å². The van der Waals surface area contributed by atoms with Gasteiger partial charge in [-0.15, -0.1) is 0 Å². The fourth-order valence-corrected chi connectivity index (χ4v) is 1.82. The number of rotatable bonds is 3. The SMILES string of the molecule is O=[N+]([O-])c1cc(NC2CCOCC2)ccc1F. The molecule has 0 radical (unpaired) electrons. The minimum absolute atomic E-state index is 0.230. The van der Waals surface area contributed by atoms with E-state index in [-0.39, 0.29) is 6.04 Å². The van der Waals surface area contributed by atoms with Gasteiger partial charge in [0.2, 0.25) is 5.82 Å². The van der Waals surface area contributed by atoms with Crippen molar-refractivity contribution in [2.45, 2.75) is 18.9 Å². The Labute approximate surface area is 97.7 Å². The number of nitro benzene ring substituents is 1. The summed E-state index contributed by atoms with van der Waals surface area (Å²) in [6.07, 6.45) is 1.70. The first-order valence-corrected chi connectivity index (χ1v) is 5.45. The number of hydrogen-bond acceptors (Lipinski definition) is 4. The first kappa shape index (κ1) is 11.8. The van der Waals surface area contributed by atoms with Gasteiger partial charge in [-0.2, -0.15) is 4.39 Å². The van der Waals surface area contributed by atoms with Crippen molar-refractivity contribution < 1.29 is 14.1 Å². The third kappa shape index (κ3) is 2.91. The van der Waals surface area contributed by atoms with Gasteiger partial charge in [0.05, 0.1) is 4.92 Å². The summed E-state index contributed by atoms with van der Waals surface area (Å²) in [6.45, 7) is 1.36. The Morgan fingerprint density at radius 1 is 1.41 bits per heavy atom. The van der Waals surface area contributed by atoms with Gasteiger partial charge in [-0.25, -0.2) is 0 Å². The predicted octanol–water partition coefficient (Wildman–Crippen LogP) is 2.32. The second-order valence-electron chi connectivity index (χ2n) is 3.95. The number of benzene rings is 1. The van der Waals surface area contributed by atoms with Crippen LogP contribution in [0.25, 0.3) is 0 Å². The predicted molar refractivity (Wildman–Crippen MR) is 60.5 cm³/mol. The second-order valence-corrected chi connectivity index (χ2v) is 3.95. The Morgan fingerprint density at radius 2 is 2.12 bits per heavy atom. The van der Waals surface area contributed by atoms with Crippen molar-refractivity contribution >= 4 is 11.4 Å². The van der Waals surface area contributed by atoms with E-state index < -0.39 is 16.4 Å². The Balaban J connectivity index is 2.10. The van der Waals surface area contributed by atoms with E-state index in [1.165, 1.54) is 12.1 Å². The quantitative estimate of drug-likeness (QED) is 0.650. The molecule has 1 aliphatic rings. The zero-order valence-electron chi connectivity index (χ0n) is 9.19. The van der Waals surface area contributed by atoms with E-state index in [0.717, 1.165) is 18.9 Å². The van der Waals surface area contributed by atoms with Gasteiger partial charge in [0.15, 0.2) is 0 Å². The molecular weight excluding hydrogens is 227 g/mol. The molecule has 0 unspecified atom stereocenters. The van der Waals surface area contributed by atoms with Crippen LogP contribution in [0.1, 0.15) is 12.8 Å². The van der Waals surface area contributed by atoms with Crippen LogP contribution in [-0.4, -0.2) is 24.2 Å². The van der Waals surface area contributed by atoms with Crippen molar-refractivity contribution in [3.63, 3.8) is 0 Å². The van der Waals surface area contributed by atoms with E-state index >= 15 is 0 Å². The molecular formula is C11H13FN2O3. The molecule has 6 heteroatoms. The van der Waals surface area contributed by atoms with Crippen LogP contribution in [0.4, 0.5) is 15.8 Å². The summed E-state index contributed by atoms with van der Waals surface area (Å²) in [7, 11) is 0. The zero-order valence-corrected chi connectivity index (χ0v) is 9.19. The van der Waals surface area contributed by atoms with Crippen LogP contribution < -0.4 is 5.32 Å². The molecule has 0 bridgehead atoms. The van der Waals surface area contributed by atoms with Crippen LogP contribution in [0.3, 0.4) is 0 Å². The maximum absolute atomic E-state index is 13.1. The molecule has 17 heavy (non-hydrogen) atoms. The molecule has 1 aromatic carbocycles. The summed E-state index contributed by atoms with van der Waals surface area (Å²) in [5, 5.41) is 13.7. The summed E-state index contributed by atoms with van der Waals surface area (Å²) >= 11 is 0.